The molecule has 5 heterocycles. The van der Waals surface area contributed by atoms with Crippen LogP contribution in [0.5, 0.6) is 5.75 Å². The van der Waals surface area contributed by atoms with E-state index in [2.05, 4.69) is 30.8 Å². The number of anilines is 1. The molecule has 1 unspecified atom stereocenters. The van der Waals surface area contributed by atoms with Crippen molar-refractivity contribution in [2.75, 3.05) is 64.6 Å². The fraction of sp³-hybridized carbons (Fsp3) is 0.447. The van der Waals surface area contributed by atoms with Gasteiger partial charge in [0.05, 0.1) is 57.8 Å². The summed E-state index contributed by atoms with van der Waals surface area (Å²) >= 11 is 1.19. The van der Waals surface area contributed by atoms with Gasteiger partial charge in [0.25, 0.3) is 11.8 Å². The third kappa shape index (κ3) is 9.11. The van der Waals surface area contributed by atoms with Gasteiger partial charge in [0.15, 0.2) is 5.13 Å². The minimum Gasteiger partial charge on any atom is -0.508 e. The van der Waals surface area contributed by atoms with E-state index in [1.165, 1.54) is 22.4 Å². The van der Waals surface area contributed by atoms with E-state index in [1.807, 2.05) is 6.07 Å². The largest absolute Gasteiger partial charge is 0.508 e. The normalized spacial score (nSPS) is 17.3. The summed E-state index contributed by atoms with van der Waals surface area (Å²) in [6.45, 7) is 5.61. The van der Waals surface area contributed by atoms with E-state index in [0.717, 1.165) is 50.7 Å². The number of imide groups is 1. The molecule has 296 valence electrons. The summed E-state index contributed by atoms with van der Waals surface area (Å²) in [5.74, 6) is -2.36. The third-order valence-electron chi connectivity index (χ3n) is 10.4. The highest BCUT2D eigenvalue weighted by Crippen LogP contribution is 2.39. The Hall–Kier alpha value is -5.14. The maximum atomic E-state index is 14.3. The van der Waals surface area contributed by atoms with Gasteiger partial charge < -0.3 is 29.1 Å². The number of hydrogen-bond donors (Lipinski definition) is 3. The number of fused-ring (bicyclic) bond motifs is 1. The van der Waals surface area contributed by atoms with Crippen LogP contribution in [0, 0.1) is 11.2 Å². The Balaban J connectivity index is 0.814. The van der Waals surface area contributed by atoms with Crippen LogP contribution in [0.1, 0.15) is 53.2 Å². The predicted octanol–water partition coefficient (Wildman–Crippen LogP) is 3.15. The van der Waals surface area contributed by atoms with Crippen molar-refractivity contribution in [1.82, 2.24) is 35.1 Å². The van der Waals surface area contributed by atoms with Crippen molar-refractivity contribution in [2.45, 2.75) is 44.8 Å². The van der Waals surface area contributed by atoms with E-state index in [9.17, 15) is 28.7 Å². The van der Waals surface area contributed by atoms with Crippen LogP contribution in [0.2, 0.25) is 0 Å². The predicted molar refractivity (Wildman–Crippen MR) is 200 cm³/mol. The molecule has 7 rings (SSSR count). The van der Waals surface area contributed by atoms with Gasteiger partial charge in [0.1, 0.15) is 23.3 Å². The lowest BCUT2D eigenvalue weighted by Crippen LogP contribution is -2.53. The first-order valence-corrected chi connectivity index (χ1v) is 19.4. The van der Waals surface area contributed by atoms with Gasteiger partial charge in [0.2, 0.25) is 11.8 Å². The summed E-state index contributed by atoms with van der Waals surface area (Å²) < 4.78 is 33.0. The van der Waals surface area contributed by atoms with E-state index in [1.54, 1.807) is 28.4 Å². The zero-order chi connectivity index (χ0) is 39.1. The first-order chi connectivity index (χ1) is 27.2. The number of ether oxygens (including phenoxy) is 3. The molecule has 0 aliphatic carbocycles. The number of benzene rings is 2. The first-order valence-electron chi connectivity index (χ1n) is 18.5. The number of phenols is 1. The summed E-state index contributed by atoms with van der Waals surface area (Å²) in [6.07, 6.45) is 5.86. The monoisotopic (exact) mass is 790 g/mol. The van der Waals surface area contributed by atoms with E-state index in [0.29, 0.717) is 86.5 Å². The first kappa shape index (κ1) is 39.1. The van der Waals surface area contributed by atoms with Crippen LogP contribution < -0.4 is 10.6 Å². The van der Waals surface area contributed by atoms with Gasteiger partial charge in [-0.15, -0.1) is 16.4 Å². The number of nitrogens with zero attached hydrogens (tertiary/aromatic N) is 6. The molecule has 4 amide bonds. The Labute approximate surface area is 325 Å². The molecule has 3 aliphatic rings. The molecule has 3 aliphatic heterocycles. The van der Waals surface area contributed by atoms with Crippen LogP contribution in [-0.4, -0.2) is 118 Å². The van der Waals surface area contributed by atoms with Crippen LogP contribution in [0.25, 0.3) is 11.3 Å². The number of thiazole rings is 1. The number of aromatic hydroxyl groups is 1. The molecule has 0 bridgehead atoms. The van der Waals surface area contributed by atoms with Crippen molar-refractivity contribution in [3.05, 3.63) is 76.7 Å². The minimum atomic E-state index is -1.33. The standard InChI is InChI=1S/C38H43FN8O8S/c39-27-3-4-31(48)29(22-27)33(34(50)42-37-40-9-20-56-37)47-23-26-2-1-25(21-28(26)35(47)51)30-24-46(44-43-30)13-15-54-17-19-55-18-16-53-14-12-45-10-7-38(8-11-45)6-5-32(49)41-36(38)52/h1-4,9,20-22,24,33,48H,5-8,10-19,23H2,(H,40,42,50)(H,41,49,52). The number of rotatable bonds is 17. The van der Waals surface area contributed by atoms with E-state index < -0.39 is 29.1 Å². The van der Waals surface area contributed by atoms with Crippen molar-refractivity contribution < 1.29 is 42.9 Å². The number of likely N-dealkylation sites (tertiary alicyclic amines) is 1. The molecule has 4 aromatic rings. The number of halogens is 1. The highest BCUT2D eigenvalue weighted by atomic mass is 32.1. The average molecular weight is 791 g/mol. The van der Waals surface area contributed by atoms with E-state index in [-0.39, 0.29) is 29.7 Å². The van der Waals surface area contributed by atoms with E-state index in [4.69, 9.17) is 14.2 Å². The molecule has 2 aromatic heterocycles. The lowest BCUT2D eigenvalue weighted by Gasteiger charge is -2.42. The molecular formula is C38H43FN8O8S. The Morgan fingerprint density at radius 3 is 2.46 bits per heavy atom. The SMILES string of the molecule is O=C1CCC2(CCN(CCOCCOCCOCCn3cc(-c4ccc5c(c4)C(=O)N(C(C(=O)Nc4nccs4)c4cc(F)ccc4O)C5)nn3)CC2)C(=O)N1. The molecule has 18 heteroatoms. The van der Waals surface area contributed by atoms with Crippen molar-refractivity contribution in [1.29, 1.82) is 0 Å². The number of piperidine rings is 2. The minimum absolute atomic E-state index is 0.0419. The van der Waals surface area contributed by atoms with Gasteiger partial charge in [-0.25, -0.2) is 14.1 Å². The maximum absolute atomic E-state index is 14.3. The quantitative estimate of drug-likeness (QED) is 0.105. The zero-order valence-corrected chi connectivity index (χ0v) is 31.5. The molecule has 16 nitrogen and oxygen atoms in total. The number of aromatic nitrogens is 4. The van der Waals surface area contributed by atoms with Crippen molar-refractivity contribution in [2.24, 2.45) is 5.41 Å². The Bertz CT molecular complexity index is 2040. The second kappa shape index (κ2) is 17.8. The van der Waals surface area contributed by atoms with E-state index >= 15 is 0 Å². The van der Waals surface area contributed by atoms with Crippen LogP contribution >= 0.6 is 11.3 Å². The molecular weight excluding hydrogens is 748 g/mol. The van der Waals surface area contributed by atoms with Gasteiger partial charge in [-0.2, -0.15) is 0 Å². The van der Waals surface area contributed by atoms with Crippen molar-refractivity contribution in [3.8, 4) is 17.0 Å². The van der Waals surface area contributed by atoms with Gasteiger partial charge in [-0.3, -0.25) is 29.8 Å². The topological polar surface area (TPSA) is 190 Å². The molecule has 56 heavy (non-hydrogen) atoms. The fourth-order valence-corrected chi connectivity index (χ4v) is 7.78. The summed E-state index contributed by atoms with van der Waals surface area (Å²) in [5.41, 5.74) is 1.78. The molecule has 2 saturated heterocycles. The molecule has 3 N–H and O–H groups in total. The Kier molecular flexibility index (Phi) is 12.4. The van der Waals surface area contributed by atoms with Crippen molar-refractivity contribution >= 4 is 40.1 Å². The number of hydrogen-bond acceptors (Lipinski definition) is 13. The molecule has 0 radical (unpaired) electrons. The van der Waals surface area contributed by atoms with Gasteiger partial charge in [0, 0.05) is 47.8 Å². The lowest BCUT2D eigenvalue weighted by molar-refractivity contribution is -0.144. The number of carbonyl (C=O) groups is 4. The highest BCUT2D eigenvalue weighted by Gasteiger charge is 2.44. The molecule has 2 fully saturated rings. The Morgan fingerprint density at radius 1 is 0.982 bits per heavy atom. The molecule has 1 atom stereocenters. The van der Waals surface area contributed by atoms with Gasteiger partial charge in [-0.05, 0) is 62.2 Å². The summed E-state index contributed by atoms with van der Waals surface area (Å²) in [6, 6.07) is 7.25. The number of carbonyl (C=O) groups excluding carboxylic acids is 4. The number of nitrogens with one attached hydrogen (secondary N) is 2. The summed E-state index contributed by atoms with van der Waals surface area (Å²) in [5, 5.41) is 26.2. The third-order valence-corrected chi connectivity index (χ3v) is 11.1. The molecule has 1 spiro atoms. The highest BCUT2D eigenvalue weighted by molar-refractivity contribution is 7.13. The maximum Gasteiger partial charge on any atom is 0.255 e. The van der Waals surface area contributed by atoms with Crippen LogP contribution in [0.4, 0.5) is 9.52 Å². The number of phenolic OH excluding ortho intramolecular Hbond substituents is 1. The fourth-order valence-electron chi connectivity index (χ4n) is 7.25. The number of amides is 4. The van der Waals surface area contributed by atoms with Gasteiger partial charge >= 0.3 is 0 Å². The summed E-state index contributed by atoms with van der Waals surface area (Å²) in [7, 11) is 0. The van der Waals surface area contributed by atoms with Crippen molar-refractivity contribution in [3.63, 3.8) is 0 Å². The zero-order valence-electron chi connectivity index (χ0n) is 30.7. The second-order valence-corrected chi connectivity index (χ2v) is 14.8. The average Bonchev–Trinajstić information content (AvgIpc) is 3.96. The lowest BCUT2D eigenvalue weighted by atomic mass is 9.72. The second-order valence-electron chi connectivity index (χ2n) is 13.9. The summed E-state index contributed by atoms with van der Waals surface area (Å²) in [4.78, 5) is 58.8. The Morgan fingerprint density at radius 2 is 1.73 bits per heavy atom. The van der Waals surface area contributed by atoms with Crippen LogP contribution in [-0.2, 0) is 41.7 Å². The smallest absolute Gasteiger partial charge is 0.255 e. The van der Waals surface area contributed by atoms with Gasteiger partial charge in [-0.1, -0.05) is 17.3 Å². The van der Waals surface area contributed by atoms with Crippen LogP contribution in [0.15, 0.2) is 54.2 Å². The molecule has 2 aromatic carbocycles. The van der Waals surface area contributed by atoms with Crippen LogP contribution in [0.3, 0.4) is 0 Å². The molecule has 0 saturated carbocycles.